The summed E-state index contributed by atoms with van der Waals surface area (Å²) in [5, 5.41) is 0.447. The van der Waals surface area contributed by atoms with Gasteiger partial charge in [0, 0.05) is 18.6 Å². The van der Waals surface area contributed by atoms with Crippen LogP contribution in [0.15, 0.2) is 51.2 Å². The molecule has 1 aromatic carbocycles. The van der Waals surface area contributed by atoms with Crippen LogP contribution in [0.4, 0.5) is 0 Å². The number of carbonyl (C=O) groups excluding carboxylic acids is 2. The van der Waals surface area contributed by atoms with E-state index in [1.54, 1.807) is 24.3 Å². The van der Waals surface area contributed by atoms with E-state index in [1.165, 1.54) is 20.3 Å². The summed E-state index contributed by atoms with van der Waals surface area (Å²) < 4.78 is 14.7. The molecule has 0 aliphatic heterocycles. The average molecular weight is 302 g/mol. The Bertz CT molecular complexity index is 800. The zero-order chi connectivity index (χ0) is 16.1. The van der Waals surface area contributed by atoms with Crippen LogP contribution in [-0.4, -0.2) is 26.2 Å². The molecule has 0 saturated heterocycles. The highest BCUT2D eigenvalue weighted by molar-refractivity contribution is 5.96. The van der Waals surface area contributed by atoms with E-state index < -0.39 is 11.9 Å². The number of hydrogen-bond donors (Lipinski definition) is 0. The van der Waals surface area contributed by atoms with Crippen LogP contribution in [0.1, 0.15) is 5.76 Å². The zero-order valence-corrected chi connectivity index (χ0v) is 12.1. The van der Waals surface area contributed by atoms with Gasteiger partial charge in [0.2, 0.25) is 0 Å². The number of fused-ring (bicyclic) bond motifs is 1. The fourth-order valence-corrected chi connectivity index (χ4v) is 1.94. The van der Waals surface area contributed by atoms with E-state index in [1.807, 2.05) is 0 Å². The van der Waals surface area contributed by atoms with Crippen molar-refractivity contribution in [3.63, 3.8) is 0 Å². The summed E-state index contributed by atoms with van der Waals surface area (Å²) in [5.74, 6) is -1.13. The highest BCUT2D eigenvalue weighted by Gasteiger charge is 2.15. The molecular weight excluding hydrogens is 288 g/mol. The van der Waals surface area contributed by atoms with Crippen LogP contribution in [0.5, 0.6) is 0 Å². The molecular formula is C16H14O6. The highest BCUT2D eigenvalue weighted by Crippen LogP contribution is 2.15. The predicted octanol–water partition coefficient (Wildman–Crippen LogP) is 1.61. The van der Waals surface area contributed by atoms with Crippen LogP contribution < -0.4 is 5.43 Å². The average Bonchev–Trinajstić information content (AvgIpc) is 2.53. The van der Waals surface area contributed by atoms with Crippen LogP contribution >= 0.6 is 0 Å². The van der Waals surface area contributed by atoms with Crippen molar-refractivity contribution >= 4 is 22.9 Å². The Labute approximate surface area is 125 Å². The molecule has 6 nitrogen and oxygen atoms in total. The second kappa shape index (κ2) is 6.71. The van der Waals surface area contributed by atoms with Gasteiger partial charge in [0.15, 0.2) is 5.43 Å². The van der Waals surface area contributed by atoms with Crippen molar-refractivity contribution in [1.29, 1.82) is 0 Å². The van der Waals surface area contributed by atoms with Gasteiger partial charge < -0.3 is 13.9 Å². The lowest BCUT2D eigenvalue weighted by atomic mass is 10.1. The summed E-state index contributed by atoms with van der Waals surface area (Å²) in [7, 11) is 2.40. The molecule has 0 fully saturated rings. The van der Waals surface area contributed by atoms with Gasteiger partial charge in [-0.2, -0.15) is 0 Å². The maximum atomic E-state index is 12.0. The van der Waals surface area contributed by atoms with Gasteiger partial charge in [-0.15, -0.1) is 0 Å². The third-order valence-corrected chi connectivity index (χ3v) is 2.99. The highest BCUT2D eigenvalue weighted by atomic mass is 16.5. The van der Waals surface area contributed by atoms with E-state index in [0.717, 1.165) is 6.08 Å². The number of ether oxygens (including phenoxy) is 2. The van der Waals surface area contributed by atoms with Gasteiger partial charge >= 0.3 is 11.9 Å². The molecule has 0 radical (unpaired) electrons. The van der Waals surface area contributed by atoms with E-state index in [-0.39, 0.29) is 23.2 Å². The second-order valence-corrected chi connectivity index (χ2v) is 4.43. The van der Waals surface area contributed by atoms with E-state index in [2.05, 4.69) is 9.47 Å². The number of para-hydroxylation sites is 1. The monoisotopic (exact) mass is 302 g/mol. The van der Waals surface area contributed by atoms with Crippen LogP contribution in [0, 0.1) is 0 Å². The summed E-state index contributed by atoms with van der Waals surface area (Å²) in [6.45, 7) is 0. The van der Waals surface area contributed by atoms with Crippen LogP contribution in [0.2, 0.25) is 0 Å². The van der Waals surface area contributed by atoms with Gasteiger partial charge in [-0.3, -0.25) is 4.79 Å². The maximum Gasteiger partial charge on any atom is 0.334 e. The van der Waals surface area contributed by atoms with Gasteiger partial charge in [0.05, 0.1) is 25.2 Å². The lowest BCUT2D eigenvalue weighted by Gasteiger charge is -2.06. The number of methoxy groups -OCH3 is 2. The fraction of sp³-hybridized carbons (Fsp3) is 0.188. The van der Waals surface area contributed by atoms with Crippen molar-refractivity contribution in [3.05, 3.63) is 58.0 Å². The topological polar surface area (TPSA) is 82.8 Å². The van der Waals surface area contributed by atoms with Crippen molar-refractivity contribution in [2.75, 3.05) is 14.2 Å². The number of benzene rings is 1. The number of rotatable bonds is 4. The first kappa shape index (κ1) is 15.5. The summed E-state index contributed by atoms with van der Waals surface area (Å²) in [6, 6.07) is 8.06. The first-order valence-electron chi connectivity index (χ1n) is 6.43. The Kier molecular flexibility index (Phi) is 4.73. The fourth-order valence-electron chi connectivity index (χ4n) is 1.94. The van der Waals surface area contributed by atoms with Crippen molar-refractivity contribution in [3.8, 4) is 0 Å². The molecule has 0 N–H and O–H groups in total. The van der Waals surface area contributed by atoms with Crippen LogP contribution in [-0.2, 0) is 25.5 Å². The summed E-state index contributed by atoms with van der Waals surface area (Å²) in [4.78, 5) is 35.0. The molecule has 2 rings (SSSR count). The lowest BCUT2D eigenvalue weighted by molar-refractivity contribution is -0.138. The Balaban J connectivity index is 2.42. The van der Waals surface area contributed by atoms with Crippen molar-refractivity contribution in [2.45, 2.75) is 6.42 Å². The molecule has 0 aliphatic rings. The predicted molar refractivity (Wildman–Crippen MR) is 78.3 cm³/mol. The summed E-state index contributed by atoms with van der Waals surface area (Å²) >= 11 is 0. The molecule has 0 spiro atoms. The molecule has 114 valence electrons. The van der Waals surface area contributed by atoms with Crippen LogP contribution in [0.25, 0.3) is 11.0 Å². The zero-order valence-electron chi connectivity index (χ0n) is 12.1. The molecule has 1 heterocycles. The minimum atomic E-state index is -0.693. The van der Waals surface area contributed by atoms with E-state index in [4.69, 9.17) is 4.42 Å². The lowest BCUT2D eigenvalue weighted by Crippen LogP contribution is -2.12. The molecule has 22 heavy (non-hydrogen) atoms. The van der Waals surface area contributed by atoms with Crippen molar-refractivity contribution in [2.24, 2.45) is 0 Å². The number of carbonyl (C=O) groups is 2. The van der Waals surface area contributed by atoms with Crippen LogP contribution in [0.3, 0.4) is 0 Å². The summed E-state index contributed by atoms with van der Waals surface area (Å²) in [6.07, 6.45) is 0.961. The Morgan fingerprint density at radius 1 is 1.18 bits per heavy atom. The minimum Gasteiger partial charge on any atom is -0.466 e. The molecule has 0 amide bonds. The normalized spacial score (nSPS) is 11.3. The van der Waals surface area contributed by atoms with E-state index >= 15 is 0 Å². The number of hydrogen-bond acceptors (Lipinski definition) is 6. The summed E-state index contributed by atoms with van der Waals surface area (Å²) in [5.41, 5.74) is 0.221. The van der Waals surface area contributed by atoms with Gasteiger partial charge in [0.1, 0.15) is 11.3 Å². The van der Waals surface area contributed by atoms with Gasteiger partial charge in [0.25, 0.3) is 0 Å². The molecule has 0 bridgehead atoms. The van der Waals surface area contributed by atoms with Gasteiger partial charge in [-0.1, -0.05) is 12.1 Å². The standard InChI is InChI=1S/C16H14O6/c1-20-15(18)8-10(16(19)21-2)7-11-9-13(17)12-5-3-4-6-14(12)22-11/h3-6,8-9H,7H2,1-2H3/b10-8+. The third kappa shape index (κ3) is 3.41. The molecule has 1 aromatic heterocycles. The van der Waals surface area contributed by atoms with E-state index in [0.29, 0.717) is 11.0 Å². The first-order chi connectivity index (χ1) is 10.5. The second-order valence-electron chi connectivity index (χ2n) is 4.43. The number of esters is 2. The first-order valence-corrected chi connectivity index (χ1v) is 6.43. The SMILES string of the molecule is COC(=O)/C=C(\Cc1cc(=O)c2ccccc2o1)C(=O)OC. The van der Waals surface area contributed by atoms with Gasteiger partial charge in [-0.25, -0.2) is 9.59 Å². The molecule has 6 heteroatoms. The molecule has 0 atom stereocenters. The Hall–Kier alpha value is -2.89. The minimum absolute atomic E-state index is 0.0350. The third-order valence-electron chi connectivity index (χ3n) is 2.99. The van der Waals surface area contributed by atoms with Crippen molar-refractivity contribution < 1.29 is 23.5 Å². The quantitative estimate of drug-likeness (QED) is 0.630. The largest absolute Gasteiger partial charge is 0.466 e. The molecule has 0 unspecified atom stereocenters. The Morgan fingerprint density at radius 2 is 1.91 bits per heavy atom. The smallest absolute Gasteiger partial charge is 0.334 e. The molecule has 0 saturated carbocycles. The maximum absolute atomic E-state index is 12.0. The van der Waals surface area contributed by atoms with E-state index in [9.17, 15) is 14.4 Å². The molecule has 0 aliphatic carbocycles. The molecule has 2 aromatic rings. The van der Waals surface area contributed by atoms with Gasteiger partial charge in [-0.05, 0) is 12.1 Å². The van der Waals surface area contributed by atoms with Crippen molar-refractivity contribution in [1.82, 2.24) is 0 Å². The Morgan fingerprint density at radius 3 is 2.59 bits per heavy atom.